The standard InChI is InChI=1S/C16H24N6/c1-2-21(15-8-10-17-11-9-15)13-16-18-20-22(19-16)12-14-6-4-3-5-7-14/h3-7,15,17H,2,8-13H2,1H3. The predicted molar refractivity (Wildman–Crippen MR) is 85.3 cm³/mol. The first kappa shape index (κ1) is 15.1. The lowest BCUT2D eigenvalue weighted by atomic mass is 10.0. The molecule has 1 fully saturated rings. The number of tetrazole rings is 1. The molecule has 1 aromatic carbocycles. The summed E-state index contributed by atoms with van der Waals surface area (Å²) in [6.07, 6.45) is 2.40. The summed E-state index contributed by atoms with van der Waals surface area (Å²) < 4.78 is 0. The number of rotatable bonds is 6. The first-order valence-electron chi connectivity index (χ1n) is 8.10. The van der Waals surface area contributed by atoms with Crippen LogP contribution >= 0.6 is 0 Å². The van der Waals surface area contributed by atoms with E-state index < -0.39 is 0 Å². The third-order valence-electron chi connectivity index (χ3n) is 4.24. The van der Waals surface area contributed by atoms with E-state index in [1.54, 1.807) is 4.80 Å². The molecule has 3 rings (SSSR count). The quantitative estimate of drug-likeness (QED) is 0.871. The van der Waals surface area contributed by atoms with Crippen molar-refractivity contribution in [3.63, 3.8) is 0 Å². The normalized spacial score (nSPS) is 16.3. The Bertz CT molecular complexity index is 561. The van der Waals surface area contributed by atoms with Crippen molar-refractivity contribution in [3.8, 4) is 0 Å². The number of benzene rings is 1. The third kappa shape index (κ3) is 3.90. The molecule has 1 aliphatic rings. The van der Waals surface area contributed by atoms with Gasteiger partial charge in [-0.1, -0.05) is 37.3 Å². The monoisotopic (exact) mass is 300 g/mol. The molecule has 6 heteroatoms. The van der Waals surface area contributed by atoms with Gasteiger partial charge in [-0.15, -0.1) is 10.2 Å². The van der Waals surface area contributed by atoms with Crippen molar-refractivity contribution < 1.29 is 0 Å². The lowest BCUT2D eigenvalue weighted by molar-refractivity contribution is 0.158. The average Bonchev–Trinajstić information content (AvgIpc) is 3.01. The van der Waals surface area contributed by atoms with Crippen LogP contribution in [0.15, 0.2) is 30.3 Å². The van der Waals surface area contributed by atoms with Gasteiger partial charge >= 0.3 is 0 Å². The van der Waals surface area contributed by atoms with E-state index >= 15 is 0 Å². The Balaban J connectivity index is 1.60. The molecule has 1 saturated heterocycles. The minimum Gasteiger partial charge on any atom is -0.317 e. The Morgan fingerprint density at radius 3 is 2.73 bits per heavy atom. The van der Waals surface area contributed by atoms with Crippen LogP contribution in [0.5, 0.6) is 0 Å². The fourth-order valence-electron chi connectivity index (χ4n) is 3.01. The molecule has 0 bridgehead atoms. The van der Waals surface area contributed by atoms with Crippen molar-refractivity contribution in [2.75, 3.05) is 19.6 Å². The van der Waals surface area contributed by atoms with Gasteiger partial charge in [-0.3, -0.25) is 4.90 Å². The molecule has 6 nitrogen and oxygen atoms in total. The molecule has 1 N–H and O–H groups in total. The minimum atomic E-state index is 0.632. The van der Waals surface area contributed by atoms with Crippen LogP contribution < -0.4 is 5.32 Å². The van der Waals surface area contributed by atoms with Gasteiger partial charge in [-0.25, -0.2) is 0 Å². The molecule has 22 heavy (non-hydrogen) atoms. The lowest BCUT2D eigenvalue weighted by Crippen LogP contribution is -2.42. The van der Waals surface area contributed by atoms with Crippen molar-refractivity contribution in [1.82, 2.24) is 30.4 Å². The third-order valence-corrected chi connectivity index (χ3v) is 4.24. The van der Waals surface area contributed by atoms with Crippen LogP contribution in [-0.2, 0) is 13.1 Å². The Hall–Kier alpha value is -1.79. The van der Waals surface area contributed by atoms with Crippen molar-refractivity contribution in [1.29, 1.82) is 0 Å². The van der Waals surface area contributed by atoms with Crippen molar-refractivity contribution in [2.45, 2.75) is 38.9 Å². The highest BCUT2D eigenvalue weighted by Crippen LogP contribution is 2.13. The molecule has 1 aromatic heterocycles. The van der Waals surface area contributed by atoms with Crippen LogP contribution in [0.2, 0.25) is 0 Å². The van der Waals surface area contributed by atoms with Crippen LogP contribution in [0.1, 0.15) is 31.2 Å². The summed E-state index contributed by atoms with van der Waals surface area (Å²) in [4.78, 5) is 4.14. The lowest BCUT2D eigenvalue weighted by Gasteiger charge is -2.32. The van der Waals surface area contributed by atoms with Gasteiger partial charge in [-0.2, -0.15) is 4.80 Å². The van der Waals surface area contributed by atoms with E-state index in [2.05, 4.69) is 44.7 Å². The zero-order valence-corrected chi connectivity index (χ0v) is 13.1. The predicted octanol–water partition coefficient (Wildman–Crippen LogP) is 1.30. The van der Waals surface area contributed by atoms with E-state index in [9.17, 15) is 0 Å². The number of aromatic nitrogens is 4. The van der Waals surface area contributed by atoms with Gasteiger partial charge in [0.2, 0.25) is 0 Å². The Morgan fingerprint density at radius 2 is 2.00 bits per heavy atom. The summed E-state index contributed by atoms with van der Waals surface area (Å²) in [6, 6.07) is 10.9. The van der Waals surface area contributed by atoms with Gasteiger partial charge in [0.15, 0.2) is 5.82 Å². The van der Waals surface area contributed by atoms with Gasteiger partial charge in [0, 0.05) is 6.04 Å². The molecule has 0 amide bonds. The summed E-state index contributed by atoms with van der Waals surface area (Å²) >= 11 is 0. The number of piperidine rings is 1. The van der Waals surface area contributed by atoms with Gasteiger partial charge in [0.1, 0.15) is 0 Å². The second-order valence-electron chi connectivity index (χ2n) is 5.77. The van der Waals surface area contributed by atoms with Gasteiger partial charge in [-0.05, 0) is 43.3 Å². The summed E-state index contributed by atoms with van der Waals surface area (Å²) in [7, 11) is 0. The molecule has 118 valence electrons. The summed E-state index contributed by atoms with van der Waals surface area (Å²) in [5.74, 6) is 0.816. The zero-order chi connectivity index (χ0) is 15.2. The van der Waals surface area contributed by atoms with Gasteiger partial charge in [0.05, 0.1) is 13.1 Å². The molecule has 0 saturated carbocycles. The second-order valence-corrected chi connectivity index (χ2v) is 5.77. The highest BCUT2D eigenvalue weighted by molar-refractivity contribution is 5.14. The Kier molecular flexibility index (Phi) is 5.13. The maximum Gasteiger partial charge on any atom is 0.188 e. The highest BCUT2D eigenvalue weighted by atomic mass is 15.6. The molecule has 0 spiro atoms. The second kappa shape index (κ2) is 7.47. The molecular formula is C16H24N6. The largest absolute Gasteiger partial charge is 0.317 e. The van der Waals surface area contributed by atoms with Crippen LogP contribution in [0.4, 0.5) is 0 Å². The van der Waals surface area contributed by atoms with E-state index in [1.807, 2.05) is 18.2 Å². The van der Waals surface area contributed by atoms with Crippen LogP contribution in [-0.4, -0.2) is 50.8 Å². The first-order valence-corrected chi connectivity index (χ1v) is 8.10. The summed E-state index contributed by atoms with van der Waals surface area (Å²) in [5.41, 5.74) is 1.19. The topological polar surface area (TPSA) is 58.9 Å². The molecule has 1 aliphatic heterocycles. The van der Waals surface area contributed by atoms with Crippen LogP contribution in [0, 0.1) is 0 Å². The van der Waals surface area contributed by atoms with Gasteiger partial charge < -0.3 is 5.32 Å². The summed E-state index contributed by atoms with van der Waals surface area (Å²) in [5, 5.41) is 16.3. The Morgan fingerprint density at radius 1 is 1.23 bits per heavy atom. The molecule has 0 aliphatic carbocycles. The van der Waals surface area contributed by atoms with Crippen molar-refractivity contribution >= 4 is 0 Å². The van der Waals surface area contributed by atoms with E-state index in [-0.39, 0.29) is 0 Å². The SMILES string of the molecule is CCN(Cc1nnn(Cc2ccccc2)n1)C1CCNCC1. The number of hydrogen-bond acceptors (Lipinski definition) is 5. The molecule has 2 aromatic rings. The minimum absolute atomic E-state index is 0.632. The number of nitrogens with one attached hydrogen (secondary N) is 1. The number of nitrogens with zero attached hydrogens (tertiary/aromatic N) is 5. The molecule has 0 atom stereocenters. The van der Waals surface area contributed by atoms with E-state index in [4.69, 9.17) is 0 Å². The number of hydrogen-bond donors (Lipinski definition) is 1. The Labute approximate surface area is 131 Å². The van der Waals surface area contributed by atoms with Crippen LogP contribution in [0.25, 0.3) is 0 Å². The van der Waals surface area contributed by atoms with E-state index in [0.29, 0.717) is 12.6 Å². The van der Waals surface area contributed by atoms with Crippen molar-refractivity contribution in [3.05, 3.63) is 41.7 Å². The maximum atomic E-state index is 4.53. The fraction of sp³-hybridized carbons (Fsp3) is 0.562. The van der Waals surface area contributed by atoms with Crippen molar-refractivity contribution in [2.24, 2.45) is 0 Å². The van der Waals surface area contributed by atoms with E-state index in [0.717, 1.165) is 32.0 Å². The highest BCUT2D eigenvalue weighted by Gasteiger charge is 2.21. The first-order chi connectivity index (χ1) is 10.8. The average molecular weight is 300 g/mol. The van der Waals surface area contributed by atoms with Crippen LogP contribution in [0.3, 0.4) is 0 Å². The fourth-order valence-corrected chi connectivity index (χ4v) is 3.01. The maximum absolute atomic E-state index is 4.53. The van der Waals surface area contributed by atoms with Gasteiger partial charge in [0.25, 0.3) is 0 Å². The summed E-state index contributed by atoms with van der Waals surface area (Å²) in [6.45, 7) is 6.90. The molecule has 2 heterocycles. The molecule has 0 unspecified atom stereocenters. The van der Waals surface area contributed by atoms with E-state index in [1.165, 1.54) is 18.4 Å². The molecule has 0 radical (unpaired) electrons. The molecular weight excluding hydrogens is 276 g/mol. The smallest absolute Gasteiger partial charge is 0.188 e. The zero-order valence-electron chi connectivity index (χ0n) is 13.1.